The number of phenols is 1. The molecular formula is C17H16N2O6S. The minimum Gasteiger partial charge on any atom is -0.505 e. The molecule has 0 saturated heterocycles. The first kappa shape index (κ1) is 17.7. The Balaban J connectivity index is 1.93. The molecule has 9 heteroatoms. The zero-order chi connectivity index (χ0) is 18.9. The molecule has 26 heavy (non-hydrogen) atoms. The van der Waals surface area contributed by atoms with Crippen LogP contribution in [0.4, 0.5) is 11.4 Å². The maximum atomic E-state index is 12.6. The predicted octanol–water partition coefficient (Wildman–Crippen LogP) is 1.86. The number of hydrogen-bond donors (Lipinski definition) is 3. The Morgan fingerprint density at radius 2 is 2.00 bits per heavy atom. The van der Waals surface area contributed by atoms with Crippen LogP contribution in [0.2, 0.25) is 0 Å². The quantitative estimate of drug-likeness (QED) is 0.553. The summed E-state index contributed by atoms with van der Waals surface area (Å²) in [4.78, 5) is 23.0. The van der Waals surface area contributed by atoms with Gasteiger partial charge in [0.05, 0.1) is 17.7 Å². The summed E-state index contributed by atoms with van der Waals surface area (Å²) in [5.74, 6) is -1.42. The van der Waals surface area contributed by atoms with Crippen molar-refractivity contribution < 1.29 is 27.9 Å². The summed E-state index contributed by atoms with van der Waals surface area (Å²) >= 11 is 0. The molecule has 2 aromatic rings. The van der Waals surface area contributed by atoms with Crippen LogP contribution in [0, 0.1) is 0 Å². The van der Waals surface area contributed by atoms with E-state index in [-0.39, 0.29) is 28.5 Å². The predicted molar refractivity (Wildman–Crippen MR) is 93.6 cm³/mol. The first-order valence-corrected chi connectivity index (χ1v) is 9.16. The molecule has 3 N–H and O–H groups in total. The van der Waals surface area contributed by atoms with Gasteiger partial charge in [0.25, 0.3) is 10.0 Å². The van der Waals surface area contributed by atoms with Gasteiger partial charge in [-0.3, -0.25) is 9.52 Å². The van der Waals surface area contributed by atoms with Crippen LogP contribution in [0.1, 0.15) is 22.3 Å². The molecule has 1 heterocycles. The molecule has 0 unspecified atom stereocenters. The fraction of sp³-hybridized carbons (Fsp3) is 0.176. The lowest BCUT2D eigenvalue weighted by Crippen LogP contribution is -2.20. The largest absolute Gasteiger partial charge is 0.505 e. The average Bonchev–Trinajstić information content (AvgIpc) is 2.62. The van der Waals surface area contributed by atoms with Gasteiger partial charge in [-0.15, -0.1) is 0 Å². The molecule has 136 valence electrons. The number of carbonyl (C=O) groups is 2. The number of para-hydroxylation sites is 1. The molecule has 1 amide bonds. The lowest BCUT2D eigenvalue weighted by Gasteiger charge is -2.18. The first-order valence-electron chi connectivity index (χ1n) is 7.67. The summed E-state index contributed by atoms with van der Waals surface area (Å²) in [6.45, 7) is 0. The lowest BCUT2D eigenvalue weighted by atomic mass is 10.0. The van der Waals surface area contributed by atoms with Gasteiger partial charge in [-0.05, 0) is 42.3 Å². The van der Waals surface area contributed by atoms with Crippen molar-refractivity contribution in [3.63, 3.8) is 0 Å². The molecule has 1 aliphatic heterocycles. The second kappa shape index (κ2) is 6.68. The number of fused-ring (bicyclic) bond motifs is 1. The third-order valence-corrected chi connectivity index (χ3v) is 5.33. The van der Waals surface area contributed by atoms with Crippen LogP contribution in [0.3, 0.4) is 0 Å². The average molecular weight is 376 g/mol. The minimum atomic E-state index is -4.01. The van der Waals surface area contributed by atoms with E-state index in [1.54, 1.807) is 0 Å². The number of benzene rings is 2. The molecule has 0 spiro atoms. The Kier molecular flexibility index (Phi) is 4.56. The van der Waals surface area contributed by atoms with Crippen molar-refractivity contribution in [2.45, 2.75) is 17.7 Å². The van der Waals surface area contributed by atoms with Crippen LogP contribution in [-0.2, 0) is 26.0 Å². The number of rotatable bonds is 4. The molecule has 3 rings (SSSR count). The second-order valence-electron chi connectivity index (χ2n) is 5.67. The van der Waals surface area contributed by atoms with Gasteiger partial charge in [-0.2, -0.15) is 0 Å². The number of esters is 1. The van der Waals surface area contributed by atoms with Crippen molar-refractivity contribution in [3.05, 3.63) is 47.5 Å². The van der Waals surface area contributed by atoms with E-state index < -0.39 is 21.7 Å². The lowest BCUT2D eigenvalue weighted by molar-refractivity contribution is -0.116. The van der Waals surface area contributed by atoms with Crippen molar-refractivity contribution in [1.29, 1.82) is 0 Å². The highest BCUT2D eigenvalue weighted by molar-refractivity contribution is 7.92. The molecular weight excluding hydrogens is 360 g/mol. The van der Waals surface area contributed by atoms with Crippen molar-refractivity contribution in [2.24, 2.45) is 0 Å². The Labute approximate surface area is 149 Å². The Morgan fingerprint density at radius 1 is 1.23 bits per heavy atom. The summed E-state index contributed by atoms with van der Waals surface area (Å²) in [7, 11) is -2.85. The zero-order valence-corrected chi connectivity index (χ0v) is 14.6. The number of aromatic hydroxyl groups is 1. The molecule has 0 radical (unpaired) electrons. The molecule has 0 atom stereocenters. The Bertz CT molecular complexity index is 1000. The maximum absolute atomic E-state index is 12.6. The van der Waals surface area contributed by atoms with Gasteiger partial charge >= 0.3 is 5.97 Å². The normalized spacial score (nSPS) is 13.5. The van der Waals surface area contributed by atoms with Crippen molar-refractivity contribution in [3.8, 4) is 5.75 Å². The molecule has 1 aliphatic rings. The maximum Gasteiger partial charge on any atom is 0.341 e. The molecule has 0 saturated carbocycles. The SMILES string of the molecule is COC(=O)c1cccc(NS(=O)(=O)c2ccc3c(c2)CCC(=O)N3)c1O. The van der Waals surface area contributed by atoms with Crippen LogP contribution >= 0.6 is 0 Å². The number of sulfonamides is 1. The van der Waals surface area contributed by atoms with E-state index in [9.17, 15) is 23.1 Å². The highest BCUT2D eigenvalue weighted by Gasteiger charge is 2.22. The summed E-state index contributed by atoms with van der Waals surface area (Å²) in [5.41, 5.74) is 0.996. The van der Waals surface area contributed by atoms with E-state index in [1.165, 1.54) is 36.4 Å². The summed E-state index contributed by atoms with van der Waals surface area (Å²) in [6.07, 6.45) is 0.722. The van der Waals surface area contributed by atoms with Crippen LogP contribution in [0.25, 0.3) is 0 Å². The fourth-order valence-electron chi connectivity index (χ4n) is 2.63. The third-order valence-electron chi connectivity index (χ3n) is 3.97. The number of nitrogens with one attached hydrogen (secondary N) is 2. The molecule has 8 nitrogen and oxygen atoms in total. The summed E-state index contributed by atoms with van der Waals surface area (Å²) < 4.78 is 32.1. The number of ether oxygens (including phenoxy) is 1. The summed E-state index contributed by atoms with van der Waals surface area (Å²) in [6, 6.07) is 8.42. The highest BCUT2D eigenvalue weighted by atomic mass is 32.2. The van der Waals surface area contributed by atoms with Gasteiger partial charge in [0.15, 0.2) is 5.75 Å². The van der Waals surface area contributed by atoms with Gasteiger partial charge in [0, 0.05) is 12.1 Å². The molecule has 0 aliphatic carbocycles. The highest BCUT2D eigenvalue weighted by Crippen LogP contribution is 2.31. The van der Waals surface area contributed by atoms with Gasteiger partial charge < -0.3 is 15.2 Å². The van der Waals surface area contributed by atoms with Crippen LogP contribution < -0.4 is 10.0 Å². The van der Waals surface area contributed by atoms with Crippen molar-refractivity contribution in [2.75, 3.05) is 17.1 Å². The second-order valence-corrected chi connectivity index (χ2v) is 7.35. The van der Waals surface area contributed by atoms with Gasteiger partial charge in [0.1, 0.15) is 5.56 Å². The summed E-state index contributed by atoms with van der Waals surface area (Å²) in [5, 5.41) is 12.8. The standard InChI is InChI=1S/C17H16N2O6S/c1-25-17(22)12-3-2-4-14(16(12)21)19-26(23,24)11-6-7-13-10(9-11)5-8-15(20)18-13/h2-4,6-7,9,19,21H,5,8H2,1H3,(H,18,20). The third kappa shape index (κ3) is 3.33. The van der Waals surface area contributed by atoms with Crippen molar-refractivity contribution >= 4 is 33.3 Å². The van der Waals surface area contributed by atoms with E-state index in [0.717, 1.165) is 7.11 Å². The monoisotopic (exact) mass is 376 g/mol. The fourth-order valence-corrected chi connectivity index (χ4v) is 3.75. The van der Waals surface area contributed by atoms with E-state index in [4.69, 9.17) is 0 Å². The molecule has 2 aromatic carbocycles. The minimum absolute atomic E-state index is 0.0183. The zero-order valence-electron chi connectivity index (χ0n) is 13.8. The molecule has 0 aromatic heterocycles. The van der Waals surface area contributed by atoms with Crippen LogP contribution in [0.15, 0.2) is 41.3 Å². The smallest absolute Gasteiger partial charge is 0.341 e. The first-order chi connectivity index (χ1) is 12.3. The number of hydrogen-bond acceptors (Lipinski definition) is 6. The Morgan fingerprint density at radius 3 is 2.73 bits per heavy atom. The number of methoxy groups -OCH3 is 1. The van der Waals surface area contributed by atoms with Gasteiger partial charge in [-0.25, -0.2) is 13.2 Å². The van der Waals surface area contributed by atoms with E-state index in [0.29, 0.717) is 17.7 Å². The molecule has 0 bridgehead atoms. The number of aryl methyl sites for hydroxylation is 1. The Hall–Kier alpha value is -3.07. The molecule has 0 fully saturated rings. The van der Waals surface area contributed by atoms with E-state index in [1.807, 2.05) is 0 Å². The van der Waals surface area contributed by atoms with Gasteiger partial charge in [-0.1, -0.05) is 6.07 Å². The van der Waals surface area contributed by atoms with Gasteiger partial charge in [0.2, 0.25) is 5.91 Å². The number of phenolic OH excluding ortho intramolecular Hbond substituents is 1. The number of amides is 1. The number of carbonyl (C=O) groups excluding carboxylic acids is 2. The van der Waals surface area contributed by atoms with Crippen LogP contribution in [-0.4, -0.2) is 32.5 Å². The van der Waals surface area contributed by atoms with Crippen molar-refractivity contribution in [1.82, 2.24) is 0 Å². The number of anilines is 2. The van der Waals surface area contributed by atoms with E-state index in [2.05, 4.69) is 14.8 Å². The van der Waals surface area contributed by atoms with Crippen LogP contribution in [0.5, 0.6) is 5.75 Å². The topological polar surface area (TPSA) is 122 Å². The van der Waals surface area contributed by atoms with E-state index >= 15 is 0 Å².